The molecule has 0 saturated carbocycles. The van der Waals surface area contributed by atoms with Gasteiger partial charge in [-0.05, 0) is 73.5 Å². The molecule has 2 amide bonds. The molecule has 0 aliphatic heterocycles. The number of rotatable bonds is 8. The van der Waals surface area contributed by atoms with E-state index in [-0.39, 0.29) is 23.1 Å². The lowest BCUT2D eigenvalue weighted by atomic mass is 10.1. The highest BCUT2D eigenvalue weighted by Crippen LogP contribution is 2.27. The number of amides is 2. The summed E-state index contributed by atoms with van der Waals surface area (Å²) in [4.78, 5) is 24.8. The van der Waals surface area contributed by atoms with Crippen molar-refractivity contribution in [2.75, 3.05) is 24.4 Å². The SMILES string of the molecule is COc1ccc(NC(=O)/C(C#N)=C\c2ccc(OCC(=O)Nc3ccc(C)cc3C)c(Cl)c2)cc1. The van der Waals surface area contributed by atoms with Gasteiger partial charge in [-0.1, -0.05) is 35.4 Å². The maximum atomic E-state index is 12.5. The zero-order valence-corrected chi connectivity index (χ0v) is 20.3. The van der Waals surface area contributed by atoms with Crippen LogP contribution < -0.4 is 20.1 Å². The summed E-state index contributed by atoms with van der Waals surface area (Å²) in [6.45, 7) is 3.67. The van der Waals surface area contributed by atoms with E-state index >= 15 is 0 Å². The van der Waals surface area contributed by atoms with Crippen molar-refractivity contribution in [2.24, 2.45) is 0 Å². The molecule has 3 aromatic carbocycles. The predicted molar refractivity (Wildman–Crippen MR) is 137 cm³/mol. The fourth-order valence-electron chi connectivity index (χ4n) is 3.20. The first kappa shape index (κ1) is 25.3. The minimum absolute atomic E-state index is 0.0987. The van der Waals surface area contributed by atoms with Crippen LogP contribution in [0.15, 0.2) is 66.2 Å². The highest BCUT2D eigenvalue weighted by Gasteiger charge is 2.12. The number of hydrogen-bond donors (Lipinski definition) is 2. The standard InChI is InChI=1S/C27H24ClN3O4/c1-17-4-10-24(18(2)12-17)31-26(32)16-35-25-11-5-19(14-23(25)28)13-20(15-29)27(33)30-21-6-8-22(34-3)9-7-21/h4-14H,16H2,1-3H3,(H,30,33)(H,31,32)/b20-13-. The van der Waals surface area contributed by atoms with Crippen LogP contribution >= 0.6 is 11.6 Å². The molecule has 0 saturated heterocycles. The number of nitrogens with one attached hydrogen (secondary N) is 2. The number of anilines is 2. The van der Waals surface area contributed by atoms with E-state index in [4.69, 9.17) is 21.1 Å². The number of aryl methyl sites for hydroxylation is 2. The number of halogens is 1. The number of benzene rings is 3. The van der Waals surface area contributed by atoms with Crippen LogP contribution in [0, 0.1) is 25.2 Å². The summed E-state index contributed by atoms with van der Waals surface area (Å²) in [5.41, 5.74) is 3.74. The van der Waals surface area contributed by atoms with E-state index in [0.717, 1.165) is 11.1 Å². The van der Waals surface area contributed by atoms with E-state index in [0.29, 0.717) is 28.4 Å². The van der Waals surface area contributed by atoms with Crippen molar-refractivity contribution in [3.63, 3.8) is 0 Å². The van der Waals surface area contributed by atoms with Crippen LogP contribution in [0.25, 0.3) is 6.08 Å². The Kier molecular flexibility index (Phi) is 8.49. The zero-order valence-electron chi connectivity index (χ0n) is 19.5. The largest absolute Gasteiger partial charge is 0.497 e. The van der Waals surface area contributed by atoms with E-state index in [1.807, 2.05) is 38.1 Å². The van der Waals surface area contributed by atoms with Crippen LogP contribution in [-0.4, -0.2) is 25.5 Å². The molecule has 8 heteroatoms. The van der Waals surface area contributed by atoms with Crippen LogP contribution in [0.1, 0.15) is 16.7 Å². The van der Waals surface area contributed by atoms with Gasteiger partial charge >= 0.3 is 0 Å². The Bertz CT molecular complexity index is 1310. The van der Waals surface area contributed by atoms with Gasteiger partial charge in [0.1, 0.15) is 23.1 Å². The van der Waals surface area contributed by atoms with Crippen molar-refractivity contribution in [2.45, 2.75) is 13.8 Å². The minimum atomic E-state index is -0.558. The summed E-state index contributed by atoms with van der Waals surface area (Å²) in [5.74, 6) is 0.0793. The maximum absolute atomic E-state index is 12.5. The van der Waals surface area contributed by atoms with E-state index in [2.05, 4.69) is 10.6 Å². The molecule has 0 unspecified atom stereocenters. The molecule has 35 heavy (non-hydrogen) atoms. The van der Waals surface area contributed by atoms with Crippen LogP contribution in [0.4, 0.5) is 11.4 Å². The second-order valence-electron chi connectivity index (χ2n) is 7.70. The van der Waals surface area contributed by atoms with Gasteiger partial charge in [-0.25, -0.2) is 0 Å². The van der Waals surface area contributed by atoms with Gasteiger partial charge < -0.3 is 20.1 Å². The third kappa shape index (κ3) is 7.10. The first-order valence-corrected chi connectivity index (χ1v) is 11.0. The van der Waals surface area contributed by atoms with Crippen LogP contribution in [0.2, 0.25) is 5.02 Å². The van der Waals surface area contributed by atoms with Crippen molar-refractivity contribution in [3.8, 4) is 17.6 Å². The van der Waals surface area contributed by atoms with Crippen molar-refractivity contribution >= 4 is 40.9 Å². The second-order valence-corrected chi connectivity index (χ2v) is 8.10. The van der Waals surface area contributed by atoms with Crippen molar-refractivity contribution in [1.29, 1.82) is 5.26 Å². The predicted octanol–water partition coefficient (Wildman–Crippen LogP) is 5.53. The normalized spacial score (nSPS) is 10.8. The van der Waals surface area contributed by atoms with Gasteiger partial charge in [-0.2, -0.15) is 5.26 Å². The third-order valence-electron chi connectivity index (χ3n) is 4.99. The number of carbonyl (C=O) groups excluding carboxylic acids is 2. The average Bonchev–Trinajstić information content (AvgIpc) is 2.84. The molecule has 0 heterocycles. The number of ether oxygens (including phenoxy) is 2. The highest BCUT2D eigenvalue weighted by atomic mass is 35.5. The Hall–Kier alpha value is -4.28. The van der Waals surface area contributed by atoms with Gasteiger partial charge in [0.2, 0.25) is 0 Å². The topological polar surface area (TPSA) is 100 Å². The van der Waals surface area contributed by atoms with Gasteiger partial charge in [0.25, 0.3) is 11.8 Å². The maximum Gasteiger partial charge on any atom is 0.266 e. The molecule has 0 bridgehead atoms. The Morgan fingerprint density at radius 3 is 2.40 bits per heavy atom. The van der Waals surface area contributed by atoms with Gasteiger partial charge in [-0.3, -0.25) is 9.59 Å². The molecule has 0 aromatic heterocycles. The summed E-state index contributed by atoms with van der Waals surface area (Å²) in [5, 5.41) is 15.2. The molecule has 0 aliphatic carbocycles. The van der Waals surface area contributed by atoms with Crippen molar-refractivity contribution < 1.29 is 19.1 Å². The smallest absolute Gasteiger partial charge is 0.266 e. The Morgan fingerprint density at radius 1 is 1.03 bits per heavy atom. The van der Waals surface area contributed by atoms with Crippen molar-refractivity contribution in [3.05, 3.63) is 87.9 Å². The summed E-state index contributed by atoms with van der Waals surface area (Å²) >= 11 is 6.30. The van der Waals surface area contributed by atoms with E-state index < -0.39 is 5.91 Å². The van der Waals surface area contributed by atoms with Crippen LogP contribution in [-0.2, 0) is 9.59 Å². The molecule has 0 fully saturated rings. The minimum Gasteiger partial charge on any atom is -0.497 e. The summed E-state index contributed by atoms with van der Waals surface area (Å²) in [7, 11) is 1.55. The van der Waals surface area contributed by atoms with Gasteiger partial charge in [0.05, 0.1) is 12.1 Å². The highest BCUT2D eigenvalue weighted by molar-refractivity contribution is 6.32. The fourth-order valence-corrected chi connectivity index (χ4v) is 3.44. The van der Waals surface area contributed by atoms with Gasteiger partial charge in [0, 0.05) is 11.4 Å². The molecule has 0 radical (unpaired) electrons. The zero-order chi connectivity index (χ0) is 25.4. The Morgan fingerprint density at radius 2 is 1.77 bits per heavy atom. The molecule has 178 valence electrons. The Balaban J connectivity index is 1.62. The van der Waals surface area contributed by atoms with Gasteiger partial charge in [0.15, 0.2) is 6.61 Å². The van der Waals surface area contributed by atoms with Crippen LogP contribution in [0.5, 0.6) is 11.5 Å². The molecular formula is C27H24ClN3O4. The first-order valence-electron chi connectivity index (χ1n) is 10.7. The summed E-state index contributed by atoms with van der Waals surface area (Å²) in [6, 6.07) is 19.1. The number of nitriles is 1. The lowest BCUT2D eigenvalue weighted by Crippen LogP contribution is -2.20. The van der Waals surface area contributed by atoms with Gasteiger partial charge in [-0.15, -0.1) is 0 Å². The fraction of sp³-hybridized carbons (Fsp3) is 0.148. The van der Waals surface area contributed by atoms with E-state index in [1.165, 1.54) is 6.08 Å². The van der Waals surface area contributed by atoms with E-state index in [1.54, 1.807) is 49.6 Å². The summed E-state index contributed by atoms with van der Waals surface area (Å²) in [6.07, 6.45) is 1.42. The monoisotopic (exact) mass is 489 g/mol. The average molecular weight is 490 g/mol. The molecular weight excluding hydrogens is 466 g/mol. The molecule has 2 N–H and O–H groups in total. The quantitative estimate of drug-likeness (QED) is 0.320. The van der Waals surface area contributed by atoms with Crippen molar-refractivity contribution in [1.82, 2.24) is 0 Å². The Labute approximate surface area is 208 Å². The first-order chi connectivity index (χ1) is 16.8. The second kappa shape index (κ2) is 11.7. The third-order valence-corrected chi connectivity index (χ3v) is 5.29. The lowest BCUT2D eigenvalue weighted by molar-refractivity contribution is -0.118. The summed E-state index contributed by atoms with van der Waals surface area (Å²) < 4.78 is 10.6. The number of hydrogen-bond acceptors (Lipinski definition) is 5. The van der Waals surface area contributed by atoms with Crippen LogP contribution in [0.3, 0.4) is 0 Å². The molecule has 3 aromatic rings. The molecule has 3 rings (SSSR count). The lowest BCUT2D eigenvalue weighted by Gasteiger charge is -2.11. The number of nitrogens with zero attached hydrogens (tertiary/aromatic N) is 1. The number of methoxy groups -OCH3 is 1. The molecule has 0 atom stereocenters. The molecule has 7 nitrogen and oxygen atoms in total. The molecule has 0 spiro atoms. The number of carbonyl (C=O) groups is 2. The molecule has 0 aliphatic rings. The van der Waals surface area contributed by atoms with E-state index in [9.17, 15) is 14.9 Å².